The van der Waals surface area contributed by atoms with Gasteiger partial charge in [0.15, 0.2) is 0 Å². The van der Waals surface area contributed by atoms with Gasteiger partial charge in [-0.05, 0) is 63.5 Å². The first-order valence-electron chi connectivity index (χ1n) is 8.38. The summed E-state index contributed by atoms with van der Waals surface area (Å²) in [6, 6.07) is 6.79. The number of hydrogen-bond donors (Lipinski definition) is 0. The van der Waals surface area contributed by atoms with Gasteiger partial charge in [0.25, 0.3) is 10.1 Å². The van der Waals surface area contributed by atoms with Crippen molar-refractivity contribution in [1.82, 2.24) is 0 Å². The Morgan fingerprint density at radius 2 is 1.87 bits per heavy atom. The van der Waals surface area contributed by atoms with Crippen molar-refractivity contribution in [2.45, 2.75) is 50.3 Å². The number of hydrogen-bond acceptors (Lipinski definition) is 3. The number of benzene rings is 1. The first kappa shape index (κ1) is 16.5. The third-order valence-electron chi connectivity index (χ3n) is 4.86. The summed E-state index contributed by atoms with van der Waals surface area (Å²) in [5.41, 5.74) is 4.26. The Bertz CT molecular complexity index is 711. The molecular formula is C19H24O3S. The summed E-state index contributed by atoms with van der Waals surface area (Å²) in [5, 5.41) is 0. The third-order valence-corrected chi connectivity index (χ3v) is 6.18. The summed E-state index contributed by atoms with van der Waals surface area (Å²) in [5.74, 6) is 0.626. The van der Waals surface area contributed by atoms with Gasteiger partial charge in [0, 0.05) is 0 Å². The molecule has 1 aromatic rings. The van der Waals surface area contributed by atoms with Gasteiger partial charge in [0.05, 0.1) is 11.5 Å². The Morgan fingerprint density at radius 3 is 2.65 bits per heavy atom. The molecule has 1 unspecified atom stereocenters. The highest BCUT2D eigenvalue weighted by Crippen LogP contribution is 2.40. The minimum Gasteiger partial charge on any atom is -0.266 e. The van der Waals surface area contributed by atoms with Gasteiger partial charge < -0.3 is 0 Å². The fourth-order valence-electron chi connectivity index (χ4n) is 3.54. The maximum atomic E-state index is 12.1. The summed E-state index contributed by atoms with van der Waals surface area (Å²) in [4.78, 5) is 0.242. The Balaban J connectivity index is 1.48. The van der Waals surface area contributed by atoms with Crippen LogP contribution < -0.4 is 0 Å². The van der Waals surface area contributed by atoms with Gasteiger partial charge in [-0.15, -0.1) is 0 Å². The van der Waals surface area contributed by atoms with Crippen molar-refractivity contribution < 1.29 is 12.6 Å². The highest BCUT2D eigenvalue weighted by atomic mass is 32.2. The van der Waals surface area contributed by atoms with E-state index in [0.29, 0.717) is 5.92 Å². The molecule has 2 aliphatic carbocycles. The van der Waals surface area contributed by atoms with Gasteiger partial charge in [-0.2, -0.15) is 8.42 Å². The van der Waals surface area contributed by atoms with Crippen LogP contribution >= 0.6 is 0 Å². The highest BCUT2D eigenvalue weighted by molar-refractivity contribution is 7.86. The van der Waals surface area contributed by atoms with E-state index in [9.17, 15) is 8.42 Å². The predicted molar refractivity (Wildman–Crippen MR) is 91.7 cm³/mol. The van der Waals surface area contributed by atoms with Crippen molar-refractivity contribution in [1.29, 1.82) is 0 Å². The van der Waals surface area contributed by atoms with Crippen molar-refractivity contribution in [3.05, 3.63) is 53.1 Å². The molecule has 0 heterocycles. The zero-order valence-corrected chi connectivity index (χ0v) is 14.4. The van der Waals surface area contributed by atoms with E-state index in [2.05, 4.69) is 12.2 Å². The first-order valence-corrected chi connectivity index (χ1v) is 9.79. The minimum absolute atomic E-state index is 0.242. The number of allylic oxidation sites excluding steroid dienone is 4. The number of aryl methyl sites for hydroxylation is 1. The Labute approximate surface area is 139 Å². The lowest BCUT2D eigenvalue weighted by molar-refractivity contribution is 0.299. The van der Waals surface area contributed by atoms with Crippen molar-refractivity contribution in [2.75, 3.05) is 6.61 Å². The molecule has 23 heavy (non-hydrogen) atoms. The van der Waals surface area contributed by atoms with E-state index in [-0.39, 0.29) is 11.5 Å². The predicted octanol–water partition coefficient (Wildman–Crippen LogP) is 4.54. The monoisotopic (exact) mass is 332 g/mol. The maximum Gasteiger partial charge on any atom is 0.296 e. The lowest BCUT2D eigenvalue weighted by Crippen LogP contribution is -2.09. The SMILES string of the molecule is Cc1ccc(S(=O)(=O)OCCCC2CCC3=C2CC=CC3)cc1. The third kappa shape index (κ3) is 3.93. The lowest BCUT2D eigenvalue weighted by atomic mass is 9.90. The molecule has 0 bridgehead atoms. The summed E-state index contributed by atoms with van der Waals surface area (Å²) < 4.78 is 29.4. The lowest BCUT2D eigenvalue weighted by Gasteiger charge is -2.16. The fourth-order valence-corrected chi connectivity index (χ4v) is 4.48. The van der Waals surface area contributed by atoms with Crippen LogP contribution in [0.5, 0.6) is 0 Å². The van der Waals surface area contributed by atoms with Gasteiger partial charge in [-0.3, -0.25) is 4.18 Å². The molecule has 0 radical (unpaired) electrons. The molecule has 1 atom stereocenters. The molecule has 2 aliphatic rings. The van der Waals surface area contributed by atoms with Crippen LogP contribution in [0.2, 0.25) is 0 Å². The molecule has 0 fully saturated rings. The molecule has 124 valence electrons. The van der Waals surface area contributed by atoms with Gasteiger partial charge in [-0.25, -0.2) is 0 Å². The second-order valence-electron chi connectivity index (χ2n) is 6.48. The Hall–Kier alpha value is -1.39. The zero-order chi connectivity index (χ0) is 16.3. The van der Waals surface area contributed by atoms with E-state index in [1.165, 1.54) is 12.8 Å². The zero-order valence-electron chi connectivity index (χ0n) is 13.6. The van der Waals surface area contributed by atoms with Crippen LogP contribution in [0.15, 0.2) is 52.5 Å². The first-order chi connectivity index (χ1) is 11.1. The van der Waals surface area contributed by atoms with Gasteiger partial charge in [-0.1, -0.05) is 41.0 Å². The molecule has 0 aromatic heterocycles. The van der Waals surface area contributed by atoms with Crippen LogP contribution in [0.3, 0.4) is 0 Å². The molecule has 4 heteroatoms. The molecule has 0 spiro atoms. The summed E-state index contributed by atoms with van der Waals surface area (Å²) in [6.45, 7) is 2.20. The van der Waals surface area contributed by atoms with Crippen molar-refractivity contribution in [3.63, 3.8) is 0 Å². The molecular weight excluding hydrogens is 308 g/mol. The van der Waals surface area contributed by atoms with Crippen LogP contribution in [0, 0.1) is 12.8 Å². The van der Waals surface area contributed by atoms with Crippen molar-refractivity contribution >= 4 is 10.1 Å². The molecule has 0 saturated carbocycles. The Morgan fingerprint density at radius 1 is 1.13 bits per heavy atom. The molecule has 1 aromatic carbocycles. The minimum atomic E-state index is -3.62. The smallest absolute Gasteiger partial charge is 0.266 e. The largest absolute Gasteiger partial charge is 0.296 e. The summed E-state index contributed by atoms with van der Waals surface area (Å²) in [6.07, 6.45) is 11.0. The van der Waals surface area contributed by atoms with E-state index in [0.717, 1.165) is 31.2 Å². The normalized spacial score (nSPS) is 20.8. The van der Waals surface area contributed by atoms with Crippen LogP contribution in [0.25, 0.3) is 0 Å². The van der Waals surface area contributed by atoms with Crippen molar-refractivity contribution in [3.8, 4) is 0 Å². The van der Waals surface area contributed by atoms with Crippen LogP contribution in [0.4, 0.5) is 0 Å². The standard InChI is InChI=1S/C19H24O3S/c1-15-8-12-18(13-9-15)23(20,21)22-14-4-6-17-11-10-16-5-2-3-7-19(16)17/h2-3,8-9,12-13,17H,4-7,10-11,14H2,1H3. The van der Waals surface area contributed by atoms with Crippen molar-refractivity contribution in [2.24, 2.45) is 5.92 Å². The van der Waals surface area contributed by atoms with Gasteiger partial charge in [0.2, 0.25) is 0 Å². The molecule has 0 aliphatic heterocycles. The average Bonchev–Trinajstić information content (AvgIpc) is 2.95. The Kier molecular flexibility index (Phi) is 5.02. The maximum absolute atomic E-state index is 12.1. The summed E-state index contributed by atoms with van der Waals surface area (Å²) in [7, 11) is -3.62. The van der Waals surface area contributed by atoms with Crippen LogP contribution in [-0.4, -0.2) is 15.0 Å². The second kappa shape index (κ2) is 7.02. The van der Waals surface area contributed by atoms with E-state index in [1.54, 1.807) is 35.4 Å². The van der Waals surface area contributed by atoms with E-state index in [1.807, 2.05) is 6.92 Å². The molecule has 3 rings (SSSR count). The molecule has 0 amide bonds. The average molecular weight is 332 g/mol. The van der Waals surface area contributed by atoms with Gasteiger partial charge >= 0.3 is 0 Å². The molecule has 3 nitrogen and oxygen atoms in total. The molecule has 0 saturated heterocycles. The van der Waals surface area contributed by atoms with E-state index < -0.39 is 10.1 Å². The quantitative estimate of drug-likeness (QED) is 0.436. The molecule has 0 N–H and O–H groups in total. The summed E-state index contributed by atoms with van der Waals surface area (Å²) >= 11 is 0. The second-order valence-corrected chi connectivity index (χ2v) is 8.09. The topological polar surface area (TPSA) is 43.4 Å². The highest BCUT2D eigenvalue weighted by Gasteiger charge is 2.25. The fraction of sp³-hybridized carbons (Fsp3) is 0.474. The van der Waals surface area contributed by atoms with Crippen LogP contribution in [0.1, 0.15) is 44.1 Å². The van der Waals surface area contributed by atoms with Gasteiger partial charge in [0.1, 0.15) is 0 Å². The van der Waals surface area contributed by atoms with E-state index in [4.69, 9.17) is 4.18 Å². The number of rotatable bonds is 6. The van der Waals surface area contributed by atoms with Crippen LogP contribution in [-0.2, 0) is 14.3 Å². The van der Waals surface area contributed by atoms with E-state index >= 15 is 0 Å².